The largest absolute Gasteiger partial charge is 0.507 e. The van der Waals surface area contributed by atoms with Crippen LogP contribution < -0.4 is 14.9 Å². The van der Waals surface area contributed by atoms with E-state index in [0.717, 1.165) is 74.2 Å². The van der Waals surface area contributed by atoms with Gasteiger partial charge in [-0.25, -0.2) is 9.59 Å². The van der Waals surface area contributed by atoms with E-state index in [0.29, 0.717) is 0 Å². The molecule has 23 nitrogen and oxygen atoms in total. The van der Waals surface area contributed by atoms with Crippen molar-refractivity contribution in [2.75, 3.05) is 14.2 Å². The van der Waals surface area contributed by atoms with E-state index in [-0.39, 0.29) is 33.6 Å². The van der Waals surface area contributed by atoms with E-state index in [1.54, 1.807) is 0 Å². The molecule has 1 aromatic heterocycles. The molecule has 0 spiro atoms. The molecular formula is C41H42O23. The summed E-state index contributed by atoms with van der Waals surface area (Å²) in [5, 5.41) is 10.8. The number of methoxy groups -OCH3 is 2. The van der Waals surface area contributed by atoms with Crippen molar-refractivity contribution in [2.45, 2.75) is 103 Å². The van der Waals surface area contributed by atoms with Gasteiger partial charge in [-0.3, -0.25) is 33.6 Å². The maximum absolute atomic E-state index is 13.8. The molecular weight excluding hydrogens is 860 g/mol. The van der Waals surface area contributed by atoms with Gasteiger partial charge in [-0.2, -0.15) is 0 Å². The van der Waals surface area contributed by atoms with Crippen molar-refractivity contribution in [3.63, 3.8) is 0 Å². The van der Waals surface area contributed by atoms with Crippen molar-refractivity contribution in [1.29, 1.82) is 0 Å². The van der Waals surface area contributed by atoms with Crippen LogP contribution in [0.25, 0.3) is 22.1 Å². The van der Waals surface area contributed by atoms with Crippen LogP contribution in [-0.2, 0) is 85.7 Å². The SMILES string of the molecule is COC(=O)[C@H]1O[C@@H](Oc2ccc(-c3coc4cc(O[C@@H]5O[C@H](C(=O)OC)[C@@H](OC(C)=O)[C@H](OC(C)=O)[C@H]5OC(C)=O)cc(O)c4c3=O)cc2)[C@H](OC(C)=O)[C@@H](OC(C)=O)[C@@H]1OC(C)=O. The molecule has 2 aliphatic heterocycles. The van der Waals surface area contributed by atoms with Crippen LogP contribution in [0.3, 0.4) is 0 Å². The standard InChI is InChI=1S/C41H42O23/c1-16(42)55-30-32(57-18(3)44)36(59-20(5)46)40(63-34(30)38(50)52-7)61-23-11-9-22(10-12-23)25-15-54-27-14-24(13-26(48)28(27)29(25)49)62-41-37(60-21(6)47)33(58-19(4)45)31(56-17(2)43)35(64-41)39(51)53-8/h9-15,30-37,40-41,48H,1-8H3/t30-,31-,32-,33-,34-,35-,36+,37+,40+,41+/m0/s1. The molecule has 10 atom stereocenters. The molecule has 0 amide bonds. The minimum absolute atomic E-state index is 0.0124. The van der Waals surface area contributed by atoms with E-state index in [4.69, 9.17) is 61.3 Å². The predicted molar refractivity (Wildman–Crippen MR) is 206 cm³/mol. The van der Waals surface area contributed by atoms with Gasteiger partial charge in [0, 0.05) is 53.7 Å². The number of ether oxygens (including phenoxy) is 12. The minimum Gasteiger partial charge on any atom is -0.507 e. The fourth-order valence-corrected chi connectivity index (χ4v) is 6.81. The first-order valence-electron chi connectivity index (χ1n) is 18.9. The second kappa shape index (κ2) is 20.3. The number of phenolic OH excluding ortho intramolecular Hbond substituents is 1. The number of fused-ring (bicyclic) bond motifs is 1. The second-order valence-electron chi connectivity index (χ2n) is 13.9. The number of benzene rings is 2. The van der Waals surface area contributed by atoms with E-state index >= 15 is 0 Å². The van der Waals surface area contributed by atoms with E-state index in [1.165, 1.54) is 24.3 Å². The van der Waals surface area contributed by atoms with Crippen molar-refractivity contribution < 1.29 is 105 Å². The lowest BCUT2D eigenvalue weighted by Gasteiger charge is -2.43. The molecule has 344 valence electrons. The van der Waals surface area contributed by atoms with Gasteiger partial charge in [0.15, 0.2) is 36.6 Å². The number of hydrogen-bond acceptors (Lipinski definition) is 23. The van der Waals surface area contributed by atoms with E-state index < -0.39 is 120 Å². The number of hydrogen-bond donors (Lipinski definition) is 1. The van der Waals surface area contributed by atoms with Crippen LogP contribution in [0.5, 0.6) is 17.2 Å². The Morgan fingerprint density at radius 3 is 1.33 bits per heavy atom. The van der Waals surface area contributed by atoms with Gasteiger partial charge in [-0.1, -0.05) is 12.1 Å². The molecule has 0 saturated carbocycles. The van der Waals surface area contributed by atoms with Crippen LogP contribution in [0.2, 0.25) is 0 Å². The number of rotatable bonds is 13. The van der Waals surface area contributed by atoms with Gasteiger partial charge in [-0.05, 0) is 17.7 Å². The molecule has 0 bridgehead atoms. The van der Waals surface area contributed by atoms with Gasteiger partial charge in [-0.15, -0.1) is 0 Å². The topological polar surface area (TPSA) is 298 Å². The highest BCUT2D eigenvalue weighted by molar-refractivity contribution is 5.88. The third-order valence-corrected chi connectivity index (χ3v) is 9.17. The van der Waals surface area contributed by atoms with Crippen LogP contribution in [0.15, 0.2) is 51.9 Å². The summed E-state index contributed by atoms with van der Waals surface area (Å²) in [5.74, 6) is -8.43. The Morgan fingerprint density at radius 1 is 0.531 bits per heavy atom. The highest BCUT2D eigenvalue weighted by Crippen LogP contribution is 2.36. The highest BCUT2D eigenvalue weighted by atomic mass is 16.8. The summed E-state index contributed by atoms with van der Waals surface area (Å²) in [6.07, 6.45) is -15.7. The van der Waals surface area contributed by atoms with Crippen LogP contribution in [0.4, 0.5) is 0 Å². The summed E-state index contributed by atoms with van der Waals surface area (Å²) >= 11 is 0. The van der Waals surface area contributed by atoms with Crippen molar-refractivity contribution in [1.82, 2.24) is 0 Å². The van der Waals surface area contributed by atoms with Gasteiger partial charge in [0.05, 0.1) is 19.8 Å². The molecule has 23 heteroatoms. The molecule has 0 aliphatic carbocycles. The number of esters is 8. The molecule has 3 heterocycles. The summed E-state index contributed by atoms with van der Waals surface area (Å²) in [7, 11) is 2.04. The molecule has 2 fully saturated rings. The highest BCUT2D eigenvalue weighted by Gasteiger charge is 2.57. The first kappa shape index (κ1) is 47.8. The van der Waals surface area contributed by atoms with Gasteiger partial charge in [0.1, 0.15) is 34.5 Å². The molecule has 1 N–H and O–H groups in total. The zero-order valence-corrected chi connectivity index (χ0v) is 35.2. The van der Waals surface area contributed by atoms with Crippen LogP contribution >= 0.6 is 0 Å². The van der Waals surface area contributed by atoms with E-state index in [2.05, 4.69) is 0 Å². The Hall–Kier alpha value is -7.27. The molecule has 2 aromatic carbocycles. The number of phenols is 1. The van der Waals surface area contributed by atoms with Crippen molar-refractivity contribution in [3.8, 4) is 28.4 Å². The summed E-state index contributed by atoms with van der Waals surface area (Å²) in [6, 6.07) is 7.68. The van der Waals surface area contributed by atoms with Gasteiger partial charge < -0.3 is 66.4 Å². The summed E-state index contributed by atoms with van der Waals surface area (Å²) in [5.41, 5.74) is -0.783. The monoisotopic (exact) mass is 902 g/mol. The summed E-state index contributed by atoms with van der Waals surface area (Å²) in [4.78, 5) is 112. The van der Waals surface area contributed by atoms with Gasteiger partial charge in [0.2, 0.25) is 30.2 Å². The third kappa shape index (κ3) is 11.0. The fourth-order valence-electron chi connectivity index (χ4n) is 6.81. The molecule has 5 rings (SSSR count). The molecule has 0 unspecified atom stereocenters. The third-order valence-electron chi connectivity index (χ3n) is 9.17. The molecule has 3 aromatic rings. The van der Waals surface area contributed by atoms with Crippen molar-refractivity contribution >= 4 is 58.7 Å². The molecule has 2 aliphatic rings. The van der Waals surface area contributed by atoms with Gasteiger partial charge in [0.25, 0.3) is 0 Å². The Morgan fingerprint density at radius 2 is 0.922 bits per heavy atom. The van der Waals surface area contributed by atoms with Crippen LogP contribution in [-0.4, -0.2) is 128 Å². The van der Waals surface area contributed by atoms with Crippen LogP contribution in [0.1, 0.15) is 41.5 Å². The van der Waals surface area contributed by atoms with E-state index in [1.807, 2.05) is 0 Å². The average Bonchev–Trinajstić information content (AvgIpc) is 3.20. The Kier molecular flexibility index (Phi) is 15.1. The van der Waals surface area contributed by atoms with Crippen molar-refractivity contribution in [2.24, 2.45) is 0 Å². The first-order chi connectivity index (χ1) is 30.2. The average molecular weight is 903 g/mol. The predicted octanol–water partition coefficient (Wildman–Crippen LogP) is 1.31. The number of carbonyl (C=O) groups is 8. The summed E-state index contributed by atoms with van der Waals surface area (Å²) in [6.45, 7) is 6.15. The first-order valence-corrected chi connectivity index (χ1v) is 18.9. The smallest absolute Gasteiger partial charge is 0.339 e. The lowest BCUT2D eigenvalue weighted by Crippen LogP contribution is -2.64. The minimum atomic E-state index is -1.79. The summed E-state index contributed by atoms with van der Waals surface area (Å²) < 4.78 is 70.6. The van der Waals surface area contributed by atoms with Gasteiger partial charge >= 0.3 is 47.8 Å². The Labute approximate surface area is 361 Å². The zero-order chi connectivity index (χ0) is 47.2. The molecule has 2 saturated heterocycles. The quantitative estimate of drug-likeness (QED) is 0.187. The molecule has 0 radical (unpaired) electrons. The number of carbonyl (C=O) groups excluding carboxylic acids is 8. The van der Waals surface area contributed by atoms with Crippen LogP contribution in [0, 0.1) is 0 Å². The Bertz CT molecular complexity index is 2350. The Balaban J connectivity index is 1.45. The molecule has 64 heavy (non-hydrogen) atoms. The maximum Gasteiger partial charge on any atom is 0.339 e. The lowest BCUT2D eigenvalue weighted by molar-refractivity contribution is -0.282. The fraction of sp³-hybridized carbons (Fsp3) is 0.439. The maximum atomic E-state index is 13.8. The zero-order valence-electron chi connectivity index (χ0n) is 35.2. The van der Waals surface area contributed by atoms with E-state index in [9.17, 15) is 48.3 Å². The number of aromatic hydroxyl groups is 1. The second-order valence-corrected chi connectivity index (χ2v) is 13.9. The van der Waals surface area contributed by atoms with Crippen molar-refractivity contribution in [3.05, 3.63) is 52.9 Å². The normalized spacial score (nSPS) is 25.1. The lowest BCUT2D eigenvalue weighted by atomic mass is 9.97.